The molecular formula is C14H21NO3. The quantitative estimate of drug-likeness (QED) is 0.288. The zero-order chi connectivity index (χ0) is 13.2. The number of ether oxygens (including phenoxy) is 1. The normalized spacial score (nSPS) is 12.1. The monoisotopic (exact) mass is 251 g/mol. The van der Waals surface area contributed by atoms with Crippen LogP contribution in [0.5, 0.6) is 5.75 Å². The molecule has 100 valence electrons. The van der Waals surface area contributed by atoms with E-state index < -0.39 is 6.23 Å². The van der Waals surface area contributed by atoms with E-state index in [1.54, 1.807) is 12.1 Å². The number of para-hydroxylation sites is 1. The second kappa shape index (κ2) is 8.50. The van der Waals surface area contributed by atoms with E-state index in [1.807, 2.05) is 18.2 Å². The van der Waals surface area contributed by atoms with Gasteiger partial charge in [-0.25, -0.2) is 0 Å². The van der Waals surface area contributed by atoms with Gasteiger partial charge in [-0.1, -0.05) is 50.8 Å². The first kappa shape index (κ1) is 14.5. The summed E-state index contributed by atoms with van der Waals surface area (Å²) in [6.45, 7) is 2.15. The Labute approximate surface area is 108 Å². The molecule has 4 nitrogen and oxygen atoms in total. The summed E-state index contributed by atoms with van der Waals surface area (Å²) in [6.07, 6.45) is 4.96. The van der Waals surface area contributed by atoms with E-state index in [0.29, 0.717) is 12.2 Å². The van der Waals surface area contributed by atoms with Gasteiger partial charge in [0.2, 0.25) is 0 Å². The van der Waals surface area contributed by atoms with Gasteiger partial charge in [-0.3, -0.25) is 10.1 Å². The average Bonchev–Trinajstić information content (AvgIpc) is 2.38. The molecule has 0 bridgehead atoms. The van der Waals surface area contributed by atoms with Crippen molar-refractivity contribution in [2.24, 2.45) is 0 Å². The smallest absolute Gasteiger partial charge is 0.353 e. The summed E-state index contributed by atoms with van der Waals surface area (Å²) in [5.74, 6) is 0.563. The molecule has 0 amide bonds. The highest BCUT2D eigenvalue weighted by molar-refractivity contribution is 5.20. The van der Waals surface area contributed by atoms with Crippen LogP contribution in [0.25, 0.3) is 0 Å². The SMILES string of the molecule is CCCCCCCC(Oc1ccccc1)[N+](=O)[O-]. The van der Waals surface area contributed by atoms with Crippen molar-refractivity contribution in [2.45, 2.75) is 51.7 Å². The Morgan fingerprint density at radius 1 is 1.17 bits per heavy atom. The Hall–Kier alpha value is -1.58. The van der Waals surface area contributed by atoms with Gasteiger partial charge in [-0.15, -0.1) is 0 Å². The van der Waals surface area contributed by atoms with Gasteiger partial charge in [0.05, 0.1) is 11.3 Å². The average molecular weight is 251 g/mol. The maximum absolute atomic E-state index is 10.9. The summed E-state index contributed by atoms with van der Waals surface area (Å²) >= 11 is 0. The number of nitrogens with zero attached hydrogens (tertiary/aromatic N) is 1. The first-order valence-electron chi connectivity index (χ1n) is 6.59. The van der Waals surface area contributed by atoms with Crippen LogP contribution in [0.1, 0.15) is 45.4 Å². The largest absolute Gasteiger partial charge is 0.430 e. The second-order valence-corrected chi connectivity index (χ2v) is 4.37. The third-order valence-corrected chi connectivity index (χ3v) is 2.81. The molecule has 0 heterocycles. The molecule has 0 aliphatic heterocycles. The lowest BCUT2D eigenvalue weighted by Crippen LogP contribution is -2.26. The van der Waals surface area contributed by atoms with E-state index in [-0.39, 0.29) is 4.92 Å². The van der Waals surface area contributed by atoms with Crippen LogP contribution in [0.3, 0.4) is 0 Å². The van der Waals surface area contributed by atoms with Crippen molar-refractivity contribution >= 4 is 0 Å². The van der Waals surface area contributed by atoms with Gasteiger partial charge in [0.15, 0.2) is 0 Å². The molecule has 0 N–H and O–H groups in total. The van der Waals surface area contributed by atoms with Gasteiger partial charge in [-0.05, 0) is 18.6 Å². The fourth-order valence-electron chi connectivity index (χ4n) is 1.79. The summed E-state index contributed by atoms with van der Waals surface area (Å²) in [5, 5.41) is 10.9. The minimum absolute atomic E-state index is 0.340. The molecule has 1 rings (SSSR count). The Morgan fingerprint density at radius 2 is 1.83 bits per heavy atom. The molecular weight excluding hydrogens is 230 g/mol. The predicted octanol–water partition coefficient (Wildman–Crippen LogP) is 4.03. The lowest BCUT2D eigenvalue weighted by atomic mass is 10.1. The van der Waals surface area contributed by atoms with Gasteiger partial charge in [-0.2, -0.15) is 0 Å². The van der Waals surface area contributed by atoms with Crippen molar-refractivity contribution in [3.8, 4) is 5.75 Å². The van der Waals surface area contributed by atoms with Gasteiger partial charge in [0.25, 0.3) is 0 Å². The summed E-state index contributed by atoms with van der Waals surface area (Å²) in [7, 11) is 0. The zero-order valence-corrected chi connectivity index (χ0v) is 10.9. The molecule has 0 radical (unpaired) electrons. The van der Waals surface area contributed by atoms with Crippen LogP contribution in [-0.2, 0) is 0 Å². The van der Waals surface area contributed by atoms with Crippen LogP contribution >= 0.6 is 0 Å². The summed E-state index contributed by atoms with van der Waals surface area (Å²) in [5.41, 5.74) is 0. The Bertz CT molecular complexity index is 340. The maximum atomic E-state index is 10.9. The van der Waals surface area contributed by atoms with Crippen molar-refractivity contribution < 1.29 is 9.66 Å². The van der Waals surface area contributed by atoms with Crippen molar-refractivity contribution in [3.05, 3.63) is 40.4 Å². The summed E-state index contributed by atoms with van der Waals surface area (Å²) in [6, 6.07) is 8.97. The molecule has 0 saturated carbocycles. The highest BCUT2D eigenvalue weighted by Gasteiger charge is 2.20. The molecule has 1 aromatic carbocycles. The molecule has 0 saturated heterocycles. The van der Waals surface area contributed by atoms with E-state index in [1.165, 1.54) is 12.8 Å². The van der Waals surface area contributed by atoms with Crippen LogP contribution < -0.4 is 4.74 Å². The second-order valence-electron chi connectivity index (χ2n) is 4.37. The third-order valence-electron chi connectivity index (χ3n) is 2.81. The van der Waals surface area contributed by atoms with Gasteiger partial charge in [0, 0.05) is 0 Å². The molecule has 0 aliphatic rings. The minimum atomic E-state index is -0.922. The number of benzene rings is 1. The van der Waals surface area contributed by atoms with Crippen molar-refractivity contribution in [3.63, 3.8) is 0 Å². The van der Waals surface area contributed by atoms with Crippen molar-refractivity contribution in [1.82, 2.24) is 0 Å². The fraction of sp³-hybridized carbons (Fsp3) is 0.571. The van der Waals surface area contributed by atoms with Crippen LogP contribution in [0.2, 0.25) is 0 Å². The van der Waals surface area contributed by atoms with E-state index in [2.05, 4.69) is 6.92 Å². The number of rotatable bonds is 9. The molecule has 18 heavy (non-hydrogen) atoms. The molecule has 1 atom stereocenters. The third kappa shape index (κ3) is 5.66. The molecule has 1 aromatic rings. The number of hydrogen-bond donors (Lipinski definition) is 0. The standard InChI is InChI=1S/C14H21NO3/c1-2-3-4-5-9-12-14(15(16)17)18-13-10-7-6-8-11-13/h6-8,10-11,14H,2-5,9,12H2,1H3. The highest BCUT2D eigenvalue weighted by atomic mass is 16.7. The van der Waals surface area contributed by atoms with E-state index in [4.69, 9.17) is 4.74 Å². The van der Waals surface area contributed by atoms with E-state index in [0.717, 1.165) is 19.3 Å². The molecule has 0 aliphatic carbocycles. The maximum Gasteiger partial charge on any atom is 0.353 e. The fourth-order valence-corrected chi connectivity index (χ4v) is 1.79. The Morgan fingerprint density at radius 3 is 2.44 bits per heavy atom. The predicted molar refractivity (Wildman–Crippen MR) is 71.2 cm³/mol. The summed E-state index contributed by atoms with van der Waals surface area (Å²) < 4.78 is 5.38. The molecule has 0 spiro atoms. The Balaban J connectivity index is 2.34. The van der Waals surface area contributed by atoms with Crippen molar-refractivity contribution in [1.29, 1.82) is 0 Å². The first-order valence-corrected chi connectivity index (χ1v) is 6.59. The number of unbranched alkanes of at least 4 members (excludes halogenated alkanes) is 4. The van der Waals surface area contributed by atoms with Crippen LogP contribution in [0.15, 0.2) is 30.3 Å². The number of nitro groups is 1. The lowest BCUT2D eigenvalue weighted by molar-refractivity contribution is -0.563. The molecule has 4 heteroatoms. The topological polar surface area (TPSA) is 52.4 Å². The molecule has 0 fully saturated rings. The van der Waals surface area contributed by atoms with Crippen molar-refractivity contribution in [2.75, 3.05) is 0 Å². The highest BCUT2D eigenvalue weighted by Crippen LogP contribution is 2.15. The van der Waals surface area contributed by atoms with E-state index >= 15 is 0 Å². The lowest BCUT2D eigenvalue weighted by Gasteiger charge is -2.11. The molecule has 1 unspecified atom stereocenters. The number of hydrogen-bond acceptors (Lipinski definition) is 3. The van der Waals surface area contributed by atoms with Crippen LogP contribution in [0, 0.1) is 10.1 Å². The van der Waals surface area contributed by atoms with Crippen LogP contribution in [-0.4, -0.2) is 11.2 Å². The summed E-state index contributed by atoms with van der Waals surface area (Å²) in [4.78, 5) is 10.6. The van der Waals surface area contributed by atoms with Gasteiger partial charge < -0.3 is 4.74 Å². The minimum Gasteiger partial charge on any atom is -0.430 e. The van der Waals surface area contributed by atoms with Crippen LogP contribution in [0.4, 0.5) is 0 Å². The molecule has 0 aromatic heterocycles. The Kier molecular flexibility index (Phi) is 6.84. The van der Waals surface area contributed by atoms with E-state index in [9.17, 15) is 10.1 Å². The zero-order valence-electron chi connectivity index (χ0n) is 10.9. The first-order chi connectivity index (χ1) is 8.74. The van der Waals surface area contributed by atoms with Gasteiger partial charge >= 0.3 is 6.23 Å². The van der Waals surface area contributed by atoms with Gasteiger partial charge in [0.1, 0.15) is 5.75 Å².